The first kappa shape index (κ1) is 14.8. The molecule has 0 fully saturated rings. The molecule has 0 heterocycles. The van der Waals surface area contributed by atoms with Crippen LogP contribution in [-0.4, -0.2) is 5.11 Å². The molecule has 0 aliphatic carbocycles. The first-order valence-corrected chi connectivity index (χ1v) is 5.02. The second-order valence-corrected chi connectivity index (χ2v) is 3.68. The van der Waals surface area contributed by atoms with Crippen molar-refractivity contribution in [1.82, 2.24) is 0 Å². The van der Waals surface area contributed by atoms with Crippen molar-refractivity contribution in [3.05, 3.63) is 34.4 Å². The molecule has 0 radical (unpaired) electrons. The van der Waals surface area contributed by atoms with Gasteiger partial charge in [0.25, 0.3) is 0 Å². The minimum absolute atomic E-state index is 0.0396. The second kappa shape index (κ2) is 4.79. The molecule has 0 aromatic heterocycles. The van der Waals surface area contributed by atoms with Crippen LogP contribution in [0.25, 0.3) is 0 Å². The highest BCUT2D eigenvalue weighted by Crippen LogP contribution is 2.40. The molecule has 0 aliphatic rings. The van der Waals surface area contributed by atoms with Gasteiger partial charge in [0.15, 0.2) is 0 Å². The van der Waals surface area contributed by atoms with Crippen molar-refractivity contribution in [3.63, 3.8) is 0 Å². The van der Waals surface area contributed by atoms with Gasteiger partial charge >= 0.3 is 12.4 Å². The van der Waals surface area contributed by atoms with Crippen molar-refractivity contribution >= 4 is 0 Å². The molecule has 1 rings (SSSR count). The molecule has 0 bridgehead atoms. The van der Waals surface area contributed by atoms with Crippen molar-refractivity contribution in [1.29, 1.82) is 0 Å². The summed E-state index contributed by atoms with van der Waals surface area (Å²) in [6.45, 7) is 0.141. The summed E-state index contributed by atoms with van der Waals surface area (Å²) in [7, 11) is 0. The highest BCUT2D eigenvalue weighted by atomic mass is 19.4. The molecule has 102 valence electrons. The van der Waals surface area contributed by atoms with E-state index in [1.165, 1.54) is 6.92 Å². The summed E-state index contributed by atoms with van der Waals surface area (Å²) in [5.74, 6) is 0. The topological polar surface area (TPSA) is 20.2 Å². The molecule has 0 spiro atoms. The van der Waals surface area contributed by atoms with Crippen molar-refractivity contribution in [2.75, 3.05) is 0 Å². The fraction of sp³-hybridized carbons (Fsp3) is 0.455. The maximum absolute atomic E-state index is 12.6. The number of halogens is 6. The Labute approximate surface area is 99.0 Å². The normalized spacial score (nSPS) is 12.9. The number of benzene rings is 1. The molecule has 1 aromatic rings. The Hall–Kier alpha value is -1.24. The maximum atomic E-state index is 12.6. The van der Waals surface area contributed by atoms with Gasteiger partial charge in [-0.1, -0.05) is 6.92 Å². The Morgan fingerprint density at radius 1 is 0.944 bits per heavy atom. The van der Waals surface area contributed by atoms with Crippen LogP contribution in [0.2, 0.25) is 0 Å². The van der Waals surface area contributed by atoms with E-state index in [4.69, 9.17) is 5.11 Å². The lowest BCUT2D eigenvalue weighted by molar-refractivity contribution is -0.145. The van der Waals surface area contributed by atoms with Crippen molar-refractivity contribution in [3.8, 4) is 0 Å². The lowest BCUT2D eigenvalue weighted by atomic mass is 9.96. The minimum Gasteiger partial charge on any atom is -0.392 e. The molecule has 0 amide bonds. The second-order valence-electron chi connectivity index (χ2n) is 3.68. The Kier molecular flexibility index (Phi) is 3.95. The largest absolute Gasteiger partial charge is 0.416 e. The number of rotatable bonds is 2. The van der Waals surface area contributed by atoms with Crippen molar-refractivity contribution in [2.45, 2.75) is 32.3 Å². The standard InChI is InChI=1S/C11H10F6O/c1-2-6-3-8(10(12,13)14)7(5-18)9(4-6)11(15,16)17/h3-4,18H,2,5H2,1H3. The molecule has 0 saturated carbocycles. The molecule has 0 saturated heterocycles. The van der Waals surface area contributed by atoms with Crippen LogP contribution in [0.15, 0.2) is 12.1 Å². The van der Waals surface area contributed by atoms with Crippen LogP contribution in [0.1, 0.15) is 29.2 Å². The van der Waals surface area contributed by atoms with Gasteiger partial charge in [0.05, 0.1) is 17.7 Å². The monoisotopic (exact) mass is 272 g/mol. The zero-order valence-electron chi connectivity index (χ0n) is 9.28. The smallest absolute Gasteiger partial charge is 0.392 e. The van der Waals surface area contributed by atoms with Crippen LogP contribution in [0, 0.1) is 0 Å². The van der Waals surface area contributed by atoms with E-state index < -0.39 is 35.6 Å². The quantitative estimate of drug-likeness (QED) is 0.812. The van der Waals surface area contributed by atoms with Crippen molar-refractivity contribution in [2.24, 2.45) is 0 Å². The highest BCUT2D eigenvalue weighted by molar-refractivity contribution is 5.42. The average Bonchev–Trinajstić information content (AvgIpc) is 2.24. The van der Waals surface area contributed by atoms with E-state index in [1.807, 2.05) is 0 Å². The molecule has 7 heteroatoms. The molecule has 1 N–H and O–H groups in total. The molecular formula is C11H10F6O. The zero-order chi connectivity index (χ0) is 14.1. The summed E-state index contributed by atoms with van der Waals surface area (Å²) in [4.78, 5) is 0. The molecule has 0 unspecified atom stereocenters. The number of aliphatic hydroxyl groups is 1. The van der Waals surface area contributed by atoms with E-state index in [1.54, 1.807) is 0 Å². The third kappa shape index (κ3) is 2.95. The molecule has 0 aliphatic heterocycles. The predicted molar refractivity (Wildman–Crippen MR) is 51.7 cm³/mol. The molecular weight excluding hydrogens is 262 g/mol. The molecule has 1 nitrogen and oxygen atoms in total. The summed E-state index contributed by atoms with van der Waals surface area (Å²) < 4.78 is 75.8. The number of hydrogen-bond acceptors (Lipinski definition) is 1. The van der Waals surface area contributed by atoms with E-state index in [2.05, 4.69) is 0 Å². The van der Waals surface area contributed by atoms with Crippen LogP contribution < -0.4 is 0 Å². The Bertz CT molecular complexity index is 397. The SMILES string of the molecule is CCc1cc(C(F)(F)F)c(CO)c(C(F)(F)F)c1. The van der Waals surface area contributed by atoms with Gasteiger partial charge in [0.2, 0.25) is 0 Å². The average molecular weight is 272 g/mol. The summed E-state index contributed by atoms with van der Waals surface area (Å²) in [6, 6.07) is 1.28. The fourth-order valence-electron chi connectivity index (χ4n) is 1.61. The number of aryl methyl sites for hydroxylation is 1. The molecule has 0 atom stereocenters. The van der Waals surface area contributed by atoms with E-state index >= 15 is 0 Å². The van der Waals surface area contributed by atoms with E-state index in [-0.39, 0.29) is 12.0 Å². The maximum Gasteiger partial charge on any atom is 0.416 e. The van der Waals surface area contributed by atoms with Crippen LogP contribution in [0.3, 0.4) is 0 Å². The van der Waals surface area contributed by atoms with E-state index in [0.717, 1.165) is 0 Å². The summed E-state index contributed by atoms with van der Waals surface area (Å²) >= 11 is 0. The highest BCUT2D eigenvalue weighted by Gasteiger charge is 2.40. The summed E-state index contributed by atoms with van der Waals surface area (Å²) in [5.41, 5.74) is -4.08. The third-order valence-corrected chi connectivity index (χ3v) is 2.49. The van der Waals surface area contributed by atoms with Gasteiger partial charge < -0.3 is 5.11 Å². The van der Waals surface area contributed by atoms with Gasteiger partial charge in [0.1, 0.15) is 0 Å². The fourth-order valence-corrected chi connectivity index (χ4v) is 1.61. The number of aliphatic hydroxyl groups excluding tert-OH is 1. The summed E-state index contributed by atoms with van der Waals surface area (Å²) in [5, 5.41) is 8.79. The lowest BCUT2D eigenvalue weighted by Gasteiger charge is -2.19. The van der Waals surface area contributed by atoms with Gasteiger partial charge in [-0.05, 0) is 24.1 Å². The van der Waals surface area contributed by atoms with Gasteiger partial charge in [-0.25, -0.2) is 0 Å². The minimum atomic E-state index is -4.93. The molecule has 1 aromatic carbocycles. The van der Waals surface area contributed by atoms with Gasteiger partial charge in [0, 0.05) is 5.56 Å². The van der Waals surface area contributed by atoms with Gasteiger partial charge in [-0.2, -0.15) is 26.3 Å². The number of hydrogen-bond donors (Lipinski definition) is 1. The van der Waals surface area contributed by atoms with E-state index in [9.17, 15) is 26.3 Å². The first-order chi connectivity index (χ1) is 8.11. The molecule has 18 heavy (non-hydrogen) atoms. The van der Waals surface area contributed by atoms with Crippen LogP contribution in [-0.2, 0) is 25.4 Å². The van der Waals surface area contributed by atoms with E-state index in [0.29, 0.717) is 12.1 Å². The lowest BCUT2D eigenvalue weighted by Crippen LogP contribution is -2.17. The summed E-state index contributed by atoms with van der Waals surface area (Å²) in [6.07, 6.45) is -9.82. The Balaban J connectivity index is 3.61. The van der Waals surface area contributed by atoms with Gasteiger partial charge in [-0.3, -0.25) is 0 Å². The Morgan fingerprint density at radius 2 is 1.33 bits per heavy atom. The third-order valence-electron chi connectivity index (χ3n) is 2.49. The van der Waals surface area contributed by atoms with Crippen molar-refractivity contribution < 1.29 is 31.4 Å². The zero-order valence-corrected chi connectivity index (χ0v) is 9.28. The van der Waals surface area contributed by atoms with Gasteiger partial charge in [-0.15, -0.1) is 0 Å². The van der Waals surface area contributed by atoms with Crippen LogP contribution in [0.4, 0.5) is 26.3 Å². The first-order valence-electron chi connectivity index (χ1n) is 5.02. The number of alkyl halides is 6. The van der Waals surface area contributed by atoms with Crippen LogP contribution >= 0.6 is 0 Å². The Morgan fingerprint density at radius 3 is 1.56 bits per heavy atom. The predicted octanol–water partition coefficient (Wildman–Crippen LogP) is 3.78. The van der Waals surface area contributed by atoms with Crippen LogP contribution in [0.5, 0.6) is 0 Å².